The zero-order valence-corrected chi connectivity index (χ0v) is 14.4. The normalized spacial score (nSPS) is 17.9. The number of carbonyl (C=O) groups excluding carboxylic acids is 1. The summed E-state index contributed by atoms with van der Waals surface area (Å²) < 4.78 is 2.09. The number of amides is 1. The fourth-order valence-corrected chi connectivity index (χ4v) is 3.56. The van der Waals surface area contributed by atoms with Crippen LogP contribution in [0.5, 0.6) is 0 Å². The summed E-state index contributed by atoms with van der Waals surface area (Å²) in [6, 6.07) is 14.4. The molecule has 128 valence electrons. The number of hydrogen-bond donors (Lipinski definition) is 1. The molecule has 1 saturated heterocycles. The minimum atomic E-state index is 0.175. The second-order valence-electron chi connectivity index (χ2n) is 6.64. The highest BCUT2D eigenvalue weighted by atomic mass is 16.2. The van der Waals surface area contributed by atoms with Crippen LogP contribution in [0.15, 0.2) is 48.7 Å². The quantitative estimate of drug-likeness (QED) is 0.887. The SMILES string of the molecule is CNC[C@@H]1CCCN(C(=O)c2cccn2CCc2ccccc2)C1. The topological polar surface area (TPSA) is 37.3 Å². The van der Waals surface area contributed by atoms with Crippen LogP contribution in [-0.2, 0) is 13.0 Å². The van der Waals surface area contributed by atoms with Gasteiger partial charge in [-0.15, -0.1) is 0 Å². The van der Waals surface area contributed by atoms with Gasteiger partial charge in [0.2, 0.25) is 0 Å². The van der Waals surface area contributed by atoms with Crippen molar-refractivity contribution in [1.82, 2.24) is 14.8 Å². The lowest BCUT2D eigenvalue weighted by Gasteiger charge is -2.33. The lowest BCUT2D eigenvalue weighted by Crippen LogP contribution is -2.43. The molecule has 0 bridgehead atoms. The zero-order valence-electron chi connectivity index (χ0n) is 14.4. The fourth-order valence-electron chi connectivity index (χ4n) is 3.56. The van der Waals surface area contributed by atoms with E-state index in [1.165, 1.54) is 12.0 Å². The number of aromatic nitrogens is 1. The fraction of sp³-hybridized carbons (Fsp3) is 0.450. The molecule has 1 fully saturated rings. The molecule has 3 rings (SSSR count). The third-order valence-corrected chi connectivity index (χ3v) is 4.83. The highest BCUT2D eigenvalue weighted by Gasteiger charge is 2.25. The van der Waals surface area contributed by atoms with Gasteiger partial charge in [0.05, 0.1) is 0 Å². The summed E-state index contributed by atoms with van der Waals surface area (Å²) in [6.07, 6.45) is 5.27. The van der Waals surface area contributed by atoms with Crippen LogP contribution in [0.4, 0.5) is 0 Å². The molecule has 1 atom stereocenters. The lowest BCUT2D eigenvalue weighted by atomic mass is 9.98. The van der Waals surface area contributed by atoms with Gasteiger partial charge in [0.1, 0.15) is 5.69 Å². The van der Waals surface area contributed by atoms with Crippen molar-refractivity contribution in [3.63, 3.8) is 0 Å². The largest absolute Gasteiger partial charge is 0.343 e. The van der Waals surface area contributed by atoms with E-state index < -0.39 is 0 Å². The Hall–Kier alpha value is -2.07. The van der Waals surface area contributed by atoms with E-state index in [9.17, 15) is 4.79 Å². The molecule has 24 heavy (non-hydrogen) atoms. The van der Waals surface area contributed by atoms with E-state index in [0.717, 1.165) is 44.7 Å². The van der Waals surface area contributed by atoms with Gasteiger partial charge in [0.25, 0.3) is 5.91 Å². The molecule has 0 aliphatic carbocycles. The molecule has 1 aliphatic rings. The van der Waals surface area contributed by atoms with Gasteiger partial charge in [-0.05, 0) is 56.5 Å². The van der Waals surface area contributed by atoms with E-state index in [-0.39, 0.29) is 5.91 Å². The standard InChI is InChI=1S/C20H27N3O/c1-21-15-18-9-5-13-23(16-18)20(24)19-10-6-12-22(19)14-11-17-7-3-2-4-8-17/h2-4,6-8,10,12,18,21H,5,9,11,13-16H2,1H3/t18-/m0/s1. The van der Waals surface area contributed by atoms with Crippen molar-refractivity contribution < 1.29 is 4.79 Å². The summed E-state index contributed by atoms with van der Waals surface area (Å²) in [4.78, 5) is 15.0. The second-order valence-corrected chi connectivity index (χ2v) is 6.64. The number of benzene rings is 1. The maximum atomic E-state index is 12.9. The minimum Gasteiger partial charge on any atom is -0.343 e. The first-order valence-electron chi connectivity index (χ1n) is 8.91. The first-order valence-corrected chi connectivity index (χ1v) is 8.91. The van der Waals surface area contributed by atoms with E-state index in [0.29, 0.717) is 5.92 Å². The Morgan fingerprint density at radius 3 is 2.83 bits per heavy atom. The number of nitrogens with zero attached hydrogens (tertiary/aromatic N) is 2. The van der Waals surface area contributed by atoms with E-state index in [1.54, 1.807) is 0 Å². The molecule has 0 unspecified atom stereocenters. The molecule has 4 heteroatoms. The number of aryl methyl sites for hydroxylation is 2. The van der Waals surface area contributed by atoms with Crippen LogP contribution < -0.4 is 5.32 Å². The van der Waals surface area contributed by atoms with E-state index in [4.69, 9.17) is 0 Å². The summed E-state index contributed by atoms with van der Waals surface area (Å²) >= 11 is 0. The predicted octanol–water partition coefficient (Wildman–Crippen LogP) is 2.80. The number of hydrogen-bond acceptors (Lipinski definition) is 2. The smallest absolute Gasteiger partial charge is 0.270 e. The van der Waals surface area contributed by atoms with E-state index >= 15 is 0 Å². The maximum absolute atomic E-state index is 12.9. The average Bonchev–Trinajstić information content (AvgIpc) is 3.09. The van der Waals surface area contributed by atoms with Crippen molar-refractivity contribution in [2.24, 2.45) is 5.92 Å². The summed E-state index contributed by atoms with van der Waals surface area (Å²) in [5.41, 5.74) is 2.12. The molecular formula is C20H27N3O. The van der Waals surface area contributed by atoms with E-state index in [1.807, 2.05) is 36.3 Å². The predicted molar refractivity (Wildman–Crippen MR) is 97.1 cm³/mol. The molecule has 1 aromatic carbocycles. The van der Waals surface area contributed by atoms with Gasteiger partial charge in [0, 0.05) is 25.8 Å². The summed E-state index contributed by atoms with van der Waals surface area (Å²) in [5.74, 6) is 0.745. The molecule has 2 heterocycles. The summed E-state index contributed by atoms with van der Waals surface area (Å²) in [6.45, 7) is 3.57. The van der Waals surface area contributed by atoms with Gasteiger partial charge >= 0.3 is 0 Å². The Morgan fingerprint density at radius 2 is 2.04 bits per heavy atom. The molecule has 4 nitrogen and oxygen atoms in total. The maximum Gasteiger partial charge on any atom is 0.270 e. The Kier molecular flexibility index (Phi) is 5.70. The van der Waals surface area contributed by atoms with Gasteiger partial charge < -0.3 is 14.8 Å². The molecule has 0 radical (unpaired) electrons. The summed E-state index contributed by atoms with van der Waals surface area (Å²) in [5, 5.41) is 3.24. The number of rotatable bonds is 6. The molecule has 0 spiro atoms. The molecule has 1 N–H and O–H groups in total. The highest BCUT2D eigenvalue weighted by Crippen LogP contribution is 2.18. The molecule has 1 amide bonds. The first kappa shape index (κ1) is 16.8. The minimum absolute atomic E-state index is 0.175. The Morgan fingerprint density at radius 1 is 1.21 bits per heavy atom. The Balaban J connectivity index is 1.64. The van der Waals surface area contributed by atoms with Crippen LogP contribution >= 0.6 is 0 Å². The van der Waals surface area contributed by atoms with Gasteiger partial charge in [-0.1, -0.05) is 30.3 Å². The number of nitrogens with one attached hydrogen (secondary N) is 1. The molecule has 2 aromatic rings. The van der Waals surface area contributed by atoms with Crippen LogP contribution in [0.2, 0.25) is 0 Å². The van der Waals surface area contributed by atoms with Crippen LogP contribution in [-0.4, -0.2) is 42.1 Å². The molecule has 0 saturated carbocycles. The van der Waals surface area contributed by atoms with Crippen LogP contribution in [0.25, 0.3) is 0 Å². The monoisotopic (exact) mass is 325 g/mol. The lowest BCUT2D eigenvalue weighted by molar-refractivity contribution is 0.0663. The number of piperidine rings is 1. The van der Waals surface area contributed by atoms with Crippen molar-refractivity contribution in [3.8, 4) is 0 Å². The third-order valence-electron chi connectivity index (χ3n) is 4.83. The van der Waals surface area contributed by atoms with E-state index in [2.05, 4.69) is 34.1 Å². The van der Waals surface area contributed by atoms with Gasteiger partial charge in [0.15, 0.2) is 0 Å². The molecule has 1 aromatic heterocycles. The Bertz CT molecular complexity index is 648. The molecular weight excluding hydrogens is 298 g/mol. The van der Waals surface area contributed by atoms with Gasteiger partial charge in [-0.25, -0.2) is 0 Å². The Labute approximate surface area is 144 Å². The van der Waals surface area contributed by atoms with Crippen molar-refractivity contribution in [2.75, 3.05) is 26.7 Å². The second kappa shape index (κ2) is 8.15. The van der Waals surface area contributed by atoms with Crippen molar-refractivity contribution in [2.45, 2.75) is 25.8 Å². The van der Waals surface area contributed by atoms with Crippen LogP contribution in [0, 0.1) is 5.92 Å². The molecule has 1 aliphatic heterocycles. The number of likely N-dealkylation sites (tertiary alicyclic amines) is 1. The van der Waals surface area contributed by atoms with Crippen molar-refractivity contribution >= 4 is 5.91 Å². The first-order chi connectivity index (χ1) is 11.8. The highest BCUT2D eigenvalue weighted by molar-refractivity contribution is 5.92. The van der Waals surface area contributed by atoms with Gasteiger partial charge in [-0.2, -0.15) is 0 Å². The third kappa shape index (κ3) is 4.06. The van der Waals surface area contributed by atoms with Crippen LogP contribution in [0.1, 0.15) is 28.9 Å². The van der Waals surface area contributed by atoms with Crippen molar-refractivity contribution in [1.29, 1.82) is 0 Å². The van der Waals surface area contributed by atoms with Crippen LogP contribution in [0.3, 0.4) is 0 Å². The number of carbonyl (C=O) groups is 1. The average molecular weight is 325 g/mol. The van der Waals surface area contributed by atoms with Crippen molar-refractivity contribution in [3.05, 3.63) is 59.9 Å². The van der Waals surface area contributed by atoms with Gasteiger partial charge in [-0.3, -0.25) is 4.79 Å². The zero-order chi connectivity index (χ0) is 16.8. The summed E-state index contributed by atoms with van der Waals surface area (Å²) in [7, 11) is 1.98.